The molecule has 0 bridgehead atoms. The molecule has 0 aliphatic heterocycles. The van der Waals surface area contributed by atoms with Crippen LogP contribution in [0.2, 0.25) is 0 Å². The van der Waals surface area contributed by atoms with Crippen LogP contribution in [0.1, 0.15) is 290 Å². The summed E-state index contributed by atoms with van der Waals surface area (Å²) in [5, 5.41) is 0. The van der Waals surface area contributed by atoms with Gasteiger partial charge in [-0.25, -0.2) is 0 Å². The van der Waals surface area contributed by atoms with Crippen LogP contribution in [0, 0.1) is 0 Å². The SMILES string of the molecule is CC/C=C/C/C=C/C/C=C/CCCCCCCC(=O)OC[C@H](COC(=O)CCCCCCCCCCC/C=C/CCCCCCCC)OC(=O)CCCCCCCCC/C=C/C/C=C/CCCCC. The largest absolute Gasteiger partial charge is 0.462 e. The van der Waals surface area contributed by atoms with Gasteiger partial charge in [0.05, 0.1) is 0 Å². The van der Waals surface area contributed by atoms with Crippen LogP contribution >= 0.6 is 0 Å². The van der Waals surface area contributed by atoms with Crippen LogP contribution in [0.5, 0.6) is 0 Å². The minimum absolute atomic E-state index is 0.0846. The van der Waals surface area contributed by atoms with Crippen molar-refractivity contribution in [1.29, 1.82) is 0 Å². The summed E-state index contributed by atoms with van der Waals surface area (Å²) in [5.74, 6) is -0.903. The van der Waals surface area contributed by atoms with E-state index in [1.54, 1.807) is 0 Å². The van der Waals surface area contributed by atoms with Gasteiger partial charge in [-0.1, -0.05) is 235 Å². The maximum absolute atomic E-state index is 12.9. The summed E-state index contributed by atoms with van der Waals surface area (Å²) in [5.41, 5.74) is 0. The van der Waals surface area contributed by atoms with E-state index in [4.69, 9.17) is 14.2 Å². The molecule has 0 rings (SSSR count). The number of hydrogen-bond acceptors (Lipinski definition) is 6. The Kier molecular flexibility index (Phi) is 54.8. The Morgan fingerprint density at radius 2 is 0.565 bits per heavy atom. The normalized spacial score (nSPS) is 12.6. The van der Waals surface area contributed by atoms with Crippen molar-refractivity contribution in [1.82, 2.24) is 0 Å². The molecule has 6 nitrogen and oxygen atoms in total. The third-order valence-corrected chi connectivity index (χ3v) is 12.7. The van der Waals surface area contributed by atoms with Crippen molar-refractivity contribution in [2.75, 3.05) is 13.2 Å². The lowest BCUT2D eigenvalue weighted by atomic mass is 10.1. The van der Waals surface area contributed by atoms with Crippen LogP contribution in [0.15, 0.2) is 72.9 Å². The van der Waals surface area contributed by atoms with Gasteiger partial charge in [0.15, 0.2) is 6.10 Å². The zero-order chi connectivity index (χ0) is 50.0. The summed E-state index contributed by atoms with van der Waals surface area (Å²) in [4.78, 5) is 38.2. The minimum Gasteiger partial charge on any atom is -0.462 e. The second-order valence-corrected chi connectivity index (χ2v) is 19.5. The van der Waals surface area contributed by atoms with Crippen LogP contribution in [0.25, 0.3) is 0 Å². The van der Waals surface area contributed by atoms with Gasteiger partial charge in [0.2, 0.25) is 0 Å². The molecule has 0 saturated carbocycles. The number of rotatable bonds is 53. The van der Waals surface area contributed by atoms with E-state index in [1.165, 1.54) is 141 Å². The van der Waals surface area contributed by atoms with E-state index in [0.29, 0.717) is 19.3 Å². The van der Waals surface area contributed by atoms with Gasteiger partial charge in [-0.05, 0) is 109 Å². The Balaban J connectivity index is 4.40. The minimum atomic E-state index is -0.788. The molecule has 398 valence electrons. The molecule has 0 aromatic rings. The average molecular weight is 964 g/mol. The molecule has 0 radical (unpaired) electrons. The molecule has 0 saturated heterocycles. The molecular weight excluding hydrogens is 853 g/mol. The lowest BCUT2D eigenvalue weighted by molar-refractivity contribution is -0.167. The molecule has 1 atom stereocenters. The van der Waals surface area contributed by atoms with Gasteiger partial charge >= 0.3 is 17.9 Å². The lowest BCUT2D eigenvalue weighted by Gasteiger charge is -2.18. The standard InChI is InChI=1S/C63H110O6/c1-4-7-10-13-16-19-22-25-28-30-31-33-35-38-41-44-47-50-53-56-62(65)68-59-60(58-67-61(64)55-52-49-46-43-40-37-34-27-24-21-18-15-12-9-6-3)69-63(66)57-54-51-48-45-42-39-36-32-29-26-23-20-17-14-11-8-5-2/h9,12,17-18,20-21,25-29,34,60H,4-8,10-11,13-16,19,22-24,30-33,35-59H2,1-3H3/b12-9+,20-17+,21-18+,28-25+,29-26+,34-27+/t60-/m1/s1. The summed E-state index contributed by atoms with van der Waals surface area (Å²) in [6, 6.07) is 0. The van der Waals surface area contributed by atoms with Gasteiger partial charge < -0.3 is 14.2 Å². The monoisotopic (exact) mass is 963 g/mol. The van der Waals surface area contributed by atoms with Gasteiger partial charge in [0.1, 0.15) is 13.2 Å². The van der Waals surface area contributed by atoms with E-state index in [-0.39, 0.29) is 31.1 Å². The molecule has 0 aromatic heterocycles. The van der Waals surface area contributed by atoms with E-state index in [9.17, 15) is 14.4 Å². The fraction of sp³-hybridized carbons (Fsp3) is 0.762. The zero-order valence-electron chi connectivity index (χ0n) is 45.6. The predicted molar refractivity (Wildman–Crippen MR) is 298 cm³/mol. The van der Waals surface area contributed by atoms with Crippen molar-refractivity contribution in [3.8, 4) is 0 Å². The topological polar surface area (TPSA) is 78.9 Å². The zero-order valence-corrected chi connectivity index (χ0v) is 45.6. The fourth-order valence-electron chi connectivity index (χ4n) is 8.25. The van der Waals surface area contributed by atoms with Crippen LogP contribution in [-0.2, 0) is 28.6 Å². The van der Waals surface area contributed by atoms with Gasteiger partial charge in [0, 0.05) is 19.3 Å². The highest BCUT2D eigenvalue weighted by molar-refractivity contribution is 5.71. The predicted octanol–water partition coefficient (Wildman–Crippen LogP) is 19.8. The van der Waals surface area contributed by atoms with Crippen molar-refractivity contribution in [2.45, 2.75) is 297 Å². The Hall–Kier alpha value is -3.15. The molecule has 0 amide bonds. The molecule has 0 aliphatic rings. The highest BCUT2D eigenvalue weighted by Gasteiger charge is 2.19. The summed E-state index contributed by atoms with van der Waals surface area (Å²) < 4.78 is 16.9. The highest BCUT2D eigenvalue weighted by atomic mass is 16.6. The molecule has 0 spiro atoms. The number of carbonyl (C=O) groups excluding carboxylic acids is 3. The van der Waals surface area contributed by atoms with Crippen LogP contribution in [0.3, 0.4) is 0 Å². The Morgan fingerprint density at radius 1 is 0.304 bits per heavy atom. The fourth-order valence-corrected chi connectivity index (χ4v) is 8.25. The third kappa shape index (κ3) is 55.6. The highest BCUT2D eigenvalue weighted by Crippen LogP contribution is 2.15. The van der Waals surface area contributed by atoms with Crippen LogP contribution in [-0.4, -0.2) is 37.2 Å². The molecule has 6 heteroatoms. The van der Waals surface area contributed by atoms with Crippen molar-refractivity contribution in [3.05, 3.63) is 72.9 Å². The average Bonchev–Trinajstić information content (AvgIpc) is 3.35. The van der Waals surface area contributed by atoms with E-state index >= 15 is 0 Å². The second-order valence-electron chi connectivity index (χ2n) is 19.5. The van der Waals surface area contributed by atoms with Gasteiger partial charge in [-0.2, -0.15) is 0 Å². The number of hydrogen-bond donors (Lipinski definition) is 0. The van der Waals surface area contributed by atoms with E-state index in [0.717, 1.165) is 109 Å². The molecule has 0 aliphatic carbocycles. The number of carbonyl (C=O) groups is 3. The van der Waals surface area contributed by atoms with Gasteiger partial charge in [-0.3, -0.25) is 14.4 Å². The quantitative estimate of drug-likeness (QED) is 0.0262. The smallest absolute Gasteiger partial charge is 0.306 e. The summed E-state index contributed by atoms with van der Waals surface area (Å²) >= 11 is 0. The third-order valence-electron chi connectivity index (χ3n) is 12.7. The van der Waals surface area contributed by atoms with Crippen molar-refractivity contribution in [2.24, 2.45) is 0 Å². The Labute approximate surface area is 427 Å². The van der Waals surface area contributed by atoms with Gasteiger partial charge in [0.25, 0.3) is 0 Å². The second kappa shape index (κ2) is 57.4. The van der Waals surface area contributed by atoms with Gasteiger partial charge in [-0.15, -0.1) is 0 Å². The molecule has 0 N–H and O–H groups in total. The maximum Gasteiger partial charge on any atom is 0.306 e. The van der Waals surface area contributed by atoms with E-state index < -0.39 is 6.10 Å². The molecule has 0 fully saturated rings. The number of esters is 3. The summed E-state index contributed by atoms with van der Waals surface area (Å²) in [6.07, 6.45) is 73.2. The lowest BCUT2D eigenvalue weighted by Crippen LogP contribution is -2.30. The van der Waals surface area contributed by atoms with Crippen molar-refractivity contribution in [3.63, 3.8) is 0 Å². The number of unbranched alkanes of at least 4 members (excludes halogenated alkanes) is 30. The number of ether oxygens (including phenoxy) is 3. The molecule has 0 aromatic carbocycles. The molecule has 0 unspecified atom stereocenters. The van der Waals surface area contributed by atoms with Crippen LogP contribution in [0.4, 0.5) is 0 Å². The summed E-state index contributed by atoms with van der Waals surface area (Å²) in [6.45, 7) is 6.50. The van der Waals surface area contributed by atoms with Crippen LogP contribution < -0.4 is 0 Å². The molecular formula is C63H110O6. The summed E-state index contributed by atoms with van der Waals surface area (Å²) in [7, 11) is 0. The first-order valence-electron chi connectivity index (χ1n) is 29.4. The molecule has 69 heavy (non-hydrogen) atoms. The Morgan fingerprint density at radius 3 is 0.928 bits per heavy atom. The van der Waals surface area contributed by atoms with Crippen molar-refractivity contribution < 1.29 is 28.6 Å². The first-order chi connectivity index (χ1) is 34.0. The number of allylic oxidation sites excluding steroid dienone is 12. The Bertz CT molecular complexity index is 1290. The van der Waals surface area contributed by atoms with Crippen molar-refractivity contribution >= 4 is 17.9 Å². The van der Waals surface area contributed by atoms with E-state index in [1.807, 2.05) is 0 Å². The first kappa shape index (κ1) is 65.8. The first-order valence-corrected chi connectivity index (χ1v) is 29.4. The molecule has 0 heterocycles. The maximum atomic E-state index is 12.9. The van der Waals surface area contributed by atoms with E-state index in [2.05, 4.69) is 93.7 Å².